The minimum Gasteiger partial charge on any atom is -0.489 e. The van der Waals surface area contributed by atoms with Gasteiger partial charge in [0.15, 0.2) is 0 Å². The molecule has 0 aliphatic carbocycles. The van der Waals surface area contributed by atoms with Crippen molar-refractivity contribution in [1.29, 1.82) is 0 Å². The molecule has 1 fully saturated rings. The second-order valence-corrected chi connectivity index (χ2v) is 11.8. The molecule has 1 atom stereocenters. The van der Waals surface area contributed by atoms with Crippen molar-refractivity contribution >= 4 is 40.5 Å². The van der Waals surface area contributed by atoms with Crippen molar-refractivity contribution in [2.45, 2.75) is 51.6 Å². The number of amides is 2. The number of aliphatic hydroxyl groups is 1. The van der Waals surface area contributed by atoms with Gasteiger partial charge in [0.25, 0.3) is 5.91 Å². The highest BCUT2D eigenvalue weighted by atomic mass is 35.5. The molecule has 1 saturated heterocycles. The molecule has 0 saturated carbocycles. The van der Waals surface area contributed by atoms with Crippen LogP contribution in [-0.2, 0) is 22.8 Å². The number of fused-ring (bicyclic) bond motifs is 1. The number of ether oxygens (including phenoxy) is 1. The Morgan fingerprint density at radius 1 is 1.24 bits per heavy atom. The fraction of sp³-hybridized carbons (Fsp3) is 0.469. The number of alkyl halides is 3. The third-order valence-corrected chi connectivity index (χ3v) is 8.46. The Hall–Kier alpha value is -3.81. The lowest BCUT2D eigenvalue weighted by molar-refractivity contribution is -0.121. The summed E-state index contributed by atoms with van der Waals surface area (Å²) in [6, 6.07) is 8.83. The molecule has 10 nitrogen and oxygen atoms in total. The van der Waals surface area contributed by atoms with Crippen LogP contribution in [0.1, 0.15) is 41.8 Å². The molecular weight excluding hydrogens is 625 g/mol. The average Bonchev–Trinajstić information content (AvgIpc) is 3.45. The first-order valence-corrected chi connectivity index (χ1v) is 15.5. The van der Waals surface area contributed by atoms with Crippen LogP contribution in [0.2, 0.25) is 5.02 Å². The van der Waals surface area contributed by atoms with Crippen LogP contribution < -0.4 is 15.4 Å². The predicted octanol–water partition coefficient (Wildman–Crippen LogP) is 4.19. The van der Waals surface area contributed by atoms with E-state index in [4.69, 9.17) is 21.3 Å². The standard InChI is InChI=1S/C31H38ClFN6O4.CH2F2/c1-19-11-26-27(13-21(19)16-39(18-40)22-6-9-38(2)10-7-22)37-30(36-26)29-25(5-8-34-31(29)42)35-15-23(41)17-43-28-12-20(14-33)3-4-24(28)32;2-1-3/h3-4,11-13,18,22-23,35,41H,5-10,14-17H2,1-2H3,(H,34,42)(H,36,37);1H2. The number of nitrogens with zero attached hydrogens (tertiary/aromatic N) is 3. The van der Waals surface area contributed by atoms with E-state index in [1.165, 1.54) is 6.07 Å². The molecule has 2 aromatic carbocycles. The summed E-state index contributed by atoms with van der Waals surface area (Å²) in [6.45, 7) is 2.55. The molecule has 4 N–H and O–H groups in total. The van der Waals surface area contributed by atoms with Gasteiger partial charge in [0.05, 0.1) is 16.1 Å². The lowest BCUT2D eigenvalue weighted by atomic mass is 10.0. The molecule has 3 aromatic rings. The van der Waals surface area contributed by atoms with Crippen molar-refractivity contribution < 1.29 is 32.6 Å². The highest BCUT2D eigenvalue weighted by Gasteiger charge is 2.26. The van der Waals surface area contributed by atoms with Crippen molar-refractivity contribution in [3.05, 3.63) is 63.6 Å². The van der Waals surface area contributed by atoms with Gasteiger partial charge in [-0.3, -0.25) is 9.59 Å². The number of carbonyl (C=O) groups excluding carboxylic acids is 2. The summed E-state index contributed by atoms with van der Waals surface area (Å²) < 4.78 is 37.9. The molecule has 0 bridgehead atoms. The van der Waals surface area contributed by atoms with Crippen molar-refractivity contribution in [1.82, 2.24) is 30.4 Å². The lowest BCUT2D eigenvalue weighted by Crippen LogP contribution is -2.42. The number of hydrogen-bond acceptors (Lipinski definition) is 7. The number of carbonyl (C=O) groups is 2. The third-order valence-electron chi connectivity index (χ3n) is 8.14. The fourth-order valence-electron chi connectivity index (χ4n) is 5.58. The first-order valence-electron chi connectivity index (χ1n) is 15.1. The number of aryl methyl sites for hydroxylation is 1. The van der Waals surface area contributed by atoms with E-state index in [1.54, 1.807) is 12.1 Å². The summed E-state index contributed by atoms with van der Waals surface area (Å²) in [5, 5.41) is 17.0. The molecular formula is C32H40ClF3N6O4. The number of likely N-dealkylation sites (tertiary alicyclic amines) is 1. The van der Waals surface area contributed by atoms with Crippen molar-refractivity contribution in [2.24, 2.45) is 0 Å². The Morgan fingerprint density at radius 3 is 2.67 bits per heavy atom. The maximum Gasteiger partial charge on any atom is 0.256 e. The summed E-state index contributed by atoms with van der Waals surface area (Å²) in [4.78, 5) is 37.2. The van der Waals surface area contributed by atoms with E-state index in [2.05, 4.69) is 27.6 Å². The van der Waals surface area contributed by atoms with Gasteiger partial charge in [0.1, 0.15) is 36.5 Å². The number of rotatable bonds is 12. The van der Waals surface area contributed by atoms with Crippen LogP contribution in [0.15, 0.2) is 36.0 Å². The zero-order chi connectivity index (χ0) is 33.2. The molecule has 2 aliphatic heterocycles. The molecule has 14 heteroatoms. The summed E-state index contributed by atoms with van der Waals surface area (Å²) in [5.41, 5.74) is 5.01. The number of halogens is 4. The molecule has 250 valence electrons. The van der Waals surface area contributed by atoms with E-state index in [1.807, 2.05) is 24.0 Å². The summed E-state index contributed by atoms with van der Waals surface area (Å²) in [6.07, 6.45) is 2.45. The van der Waals surface area contributed by atoms with Crippen molar-refractivity contribution in [2.75, 3.05) is 46.8 Å². The minimum absolute atomic E-state index is 0.0701. The van der Waals surface area contributed by atoms with Gasteiger partial charge in [0.2, 0.25) is 13.3 Å². The maximum absolute atomic E-state index is 13.0. The molecule has 5 rings (SSSR count). The van der Waals surface area contributed by atoms with Gasteiger partial charge >= 0.3 is 0 Å². The van der Waals surface area contributed by atoms with E-state index >= 15 is 0 Å². The van der Waals surface area contributed by atoms with Gasteiger partial charge in [-0.25, -0.2) is 18.2 Å². The smallest absolute Gasteiger partial charge is 0.256 e. The van der Waals surface area contributed by atoms with E-state index in [0.29, 0.717) is 58.5 Å². The number of aliphatic hydroxyl groups excluding tert-OH is 1. The van der Waals surface area contributed by atoms with Crippen molar-refractivity contribution in [3.8, 4) is 5.75 Å². The summed E-state index contributed by atoms with van der Waals surface area (Å²) in [5.74, 6) is 0.460. The van der Waals surface area contributed by atoms with Crippen LogP contribution in [0.4, 0.5) is 13.2 Å². The number of nitrogens with one attached hydrogen (secondary N) is 3. The van der Waals surface area contributed by atoms with E-state index in [9.17, 15) is 27.9 Å². The van der Waals surface area contributed by atoms with Crippen LogP contribution in [0.5, 0.6) is 5.75 Å². The van der Waals surface area contributed by atoms with Crippen LogP contribution in [0, 0.1) is 6.92 Å². The first-order chi connectivity index (χ1) is 22.2. The Balaban J connectivity index is 0.00000154. The fourth-order valence-corrected chi connectivity index (χ4v) is 5.75. The van der Waals surface area contributed by atoms with Crippen LogP contribution in [0.3, 0.4) is 0 Å². The second-order valence-electron chi connectivity index (χ2n) is 11.4. The molecule has 2 amide bonds. The Labute approximate surface area is 270 Å². The third kappa shape index (κ3) is 8.92. The second kappa shape index (κ2) is 16.7. The lowest BCUT2D eigenvalue weighted by Gasteiger charge is -2.35. The molecule has 0 spiro atoms. The summed E-state index contributed by atoms with van der Waals surface area (Å²) >= 11 is 6.14. The highest BCUT2D eigenvalue weighted by molar-refractivity contribution is 6.32. The Kier molecular flexibility index (Phi) is 12.7. The molecule has 1 aromatic heterocycles. The monoisotopic (exact) mass is 664 g/mol. The Bertz CT molecular complexity index is 1530. The quantitative estimate of drug-likeness (QED) is 0.214. The van der Waals surface area contributed by atoms with Gasteiger partial charge in [-0.15, -0.1) is 0 Å². The number of aromatic nitrogens is 2. The average molecular weight is 665 g/mol. The number of aromatic amines is 1. The number of imidazole rings is 1. The van der Waals surface area contributed by atoms with E-state index in [0.717, 1.165) is 49.0 Å². The number of benzene rings is 2. The van der Waals surface area contributed by atoms with Gasteiger partial charge in [0, 0.05) is 37.8 Å². The minimum atomic E-state index is -1.75. The highest BCUT2D eigenvalue weighted by Crippen LogP contribution is 2.28. The molecule has 2 aliphatic rings. The van der Waals surface area contributed by atoms with Gasteiger partial charge in [-0.2, -0.15) is 0 Å². The number of piperidine rings is 1. The molecule has 1 unspecified atom stereocenters. The zero-order valence-corrected chi connectivity index (χ0v) is 26.7. The van der Waals surface area contributed by atoms with Crippen LogP contribution in [-0.4, -0.2) is 96.1 Å². The van der Waals surface area contributed by atoms with E-state index in [-0.39, 0.29) is 25.1 Å². The van der Waals surface area contributed by atoms with Gasteiger partial charge in [-0.05, 0) is 80.9 Å². The predicted molar refractivity (Wildman–Crippen MR) is 170 cm³/mol. The SMILES string of the molecule is Cc1cc2[nH]c(C3=C(NCC(O)COc4cc(CF)ccc4Cl)CCNC3=O)nc2cc1CN(C=O)C1CCN(C)CC1.FCF. The van der Waals surface area contributed by atoms with Gasteiger partial charge < -0.3 is 35.3 Å². The molecule has 46 heavy (non-hydrogen) atoms. The summed E-state index contributed by atoms with van der Waals surface area (Å²) in [7, 11) is 2.10. The molecule has 3 heterocycles. The normalized spacial score (nSPS) is 16.5. The topological polar surface area (TPSA) is 123 Å². The number of H-pyrrole nitrogens is 1. The van der Waals surface area contributed by atoms with Crippen LogP contribution >= 0.6 is 11.6 Å². The number of hydrogen-bond donors (Lipinski definition) is 4. The molecule has 0 radical (unpaired) electrons. The van der Waals surface area contributed by atoms with Gasteiger partial charge in [-0.1, -0.05) is 17.7 Å². The van der Waals surface area contributed by atoms with Crippen molar-refractivity contribution in [3.63, 3.8) is 0 Å². The Morgan fingerprint density at radius 2 is 1.98 bits per heavy atom. The van der Waals surface area contributed by atoms with E-state index < -0.39 is 19.7 Å². The largest absolute Gasteiger partial charge is 0.489 e. The van der Waals surface area contributed by atoms with Crippen LogP contribution in [0.25, 0.3) is 16.6 Å². The maximum atomic E-state index is 13.0. The first kappa shape index (κ1) is 35.1. The zero-order valence-electron chi connectivity index (χ0n) is 25.9.